The van der Waals surface area contributed by atoms with Crippen molar-refractivity contribution in [3.8, 4) is 0 Å². The van der Waals surface area contributed by atoms with Gasteiger partial charge in [-0.15, -0.1) is 35.3 Å². The minimum Gasteiger partial charge on any atom is -0.374 e. The van der Waals surface area contributed by atoms with Gasteiger partial charge in [-0.05, 0) is 25.4 Å². The fourth-order valence-electron chi connectivity index (χ4n) is 2.56. The summed E-state index contributed by atoms with van der Waals surface area (Å²) >= 11 is 1.80. The average Bonchev–Trinajstić information content (AvgIpc) is 3.05. The molecule has 1 aliphatic heterocycles. The zero-order valence-corrected chi connectivity index (χ0v) is 18.3. The monoisotopic (exact) mass is 466 g/mol. The zero-order valence-electron chi connectivity index (χ0n) is 15.2. The number of aliphatic imine (C=N–C) groups is 1. The van der Waals surface area contributed by atoms with Crippen molar-refractivity contribution in [2.75, 3.05) is 46.4 Å². The van der Waals surface area contributed by atoms with Crippen LogP contribution in [0.2, 0.25) is 0 Å². The number of morpholine rings is 1. The third kappa shape index (κ3) is 6.85. The SMILES string of the molecule is CCNC(=NCC(C)(C)c1cccs1)NCC1CN(C)CCO1.I. The molecule has 5 nitrogen and oxygen atoms in total. The van der Waals surface area contributed by atoms with Crippen LogP contribution >= 0.6 is 35.3 Å². The molecule has 1 aromatic heterocycles. The summed E-state index contributed by atoms with van der Waals surface area (Å²) < 4.78 is 5.80. The van der Waals surface area contributed by atoms with Crippen molar-refractivity contribution in [3.63, 3.8) is 0 Å². The van der Waals surface area contributed by atoms with Crippen molar-refractivity contribution in [2.24, 2.45) is 4.99 Å². The van der Waals surface area contributed by atoms with Crippen molar-refractivity contribution in [1.29, 1.82) is 0 Å². The summed E-state index contributed by atoms with van der Waals surface area (Å²) in [5.74, 6) is 0.869. The highest BCUT2D eigenvalue weighted by Crippen LogP contribution is 2.27. The Morgan fingerprint density at radius 1 is 1.46 bits per heavy atom. The van der Waals surface area contributed by atoms with Gasteiger partial charge in [-0.25, -0.2) is 0 Å². The number of halogens is 1. The Bertz CT molecular complexity index is 493. The molecule has 0 saturated carbocycles. The van der Waals surface area contributed by atoms with E-state index >= 15 is 0 Å². The second kappa shape index (κ2) is 10.6. The number of thiophene rings is 1. The van der Waals surface area contributed by atoms with Crippen molar-refractivity contribution < 1.29 is 4.74 Å². The van der Waals surface area contributed by atoms with E-state index in [0.29, 0.717) is 0 Å². The maximum atomic E-state index is 5.80. The molecule has 0 bridgehead atoms. The number of ether oxygens (including phenoxy) is 1. The summed E-state index contributed by atoms with van der Waals surface area (Å²) in [6.45, 7) is 11.8. The molecule has 1 fully saturated rings. The molecular formula is C17H31IN4OS. The van der Waals surface area contributed by atoms with Crippen LogP contribution in [0.1, 0.15) is 25.6 Å². The van der Waals surface area contributed by atoms with E-state index < -0.39 is 0 Å². The Balaban J connectivity index is 0.00000288. The lowest BCUT2D eigenvalue weighted by Gasteiger charge is -2.30. The van der Waals surface area contributed by atoms with Gasteiger partial charge < -0.3 is 20.3 Å². The number of hydrogen-bond acceptors (Lipinski definition) is 4. The minimum absolute atomic E-state index is 0. The number of likely N-dealkylation sites (N-methyl/N-ethyl adjacent to an activating group) is 1. The van der Waals surface area contributed by atoms with Crippen LogP contribution in [0.4, 0.5) is 0 Å². The van der Waals surface area contributed by atoms with Crippen LogP contribution in [0.25, 0.3) is 0 Å². The Hall–Kier alpha value is -0.380. The predicted molar refractivity (Wildman–Crippen MR) is 114 cm³/mol. The molecule has 0 spiro atoms. The third-order valence-electron chi connectivity index (χ3n) is 4.00. The van der Waals surface area contributed by atoms with Gasteiger partial charge in [0.15, 0.2) is 5.96 Å². The zero-order chi connectivity index (χ0) is 16.7. The van der Waals surface area contributed by atoms with Gasteiger partial charge in [0.25, 0.3) is 0 Å². The van der Waals surface area contributed by atoms with Gasteiger partial charge in [-0.3, -0.25) is 4.99 Å². The largest absolute Gasteiger partial charge is 0.374 e. The van der Waals surface area contributed by atoms with Gasteiger partial charge in [0.1, 0.15) is 0 Å². The Kier molecular flexibility index (Phi) is 9.54. The number of hydrogen-bond donors (Lipinski definition) is 2. The molecule has 0 amide bonds. The molecule has 1 atom stereocenters. The van der Waals surface area contributed by atoms with Crippen LogP contribution in [0, 0.1) is 0 Å². The first kappa shape index (κ1) is 21.7. The van der Waals surface area contributed by atoms with E-state index in [4.69, 9.17) is 9.73 Å². The van der Waals surface area contributed by atoms with Gasteiger partial charge in [0.2, 0.25) is 0 Å². The average molecular weight is 466 g/mol. The van der Waals surface area contributed by atoms with E-state index in [2.05, 4.69) is 60.9 Å². The summed E-state index contributed by atoms with van der Waals surface area (Å²) in [5.41, 5.74) is 0.0536. The van der Waals surface area contributed by atoms with E-state index in [1.54, 1.807) is 11.3 Å². The van der Waals surface area contributed by atoms with Crippen LogP contribution < -0.4 is 10.6 Å². The molecule has 1 unspecified atom stereocenters. The molecule has 24 heavy (non-hydrogen) atoms. The Morgan fingerprint density at radius 3 is 2.88 bits per heavy atom. The van der Waals surface area contributed by atoms with Crippen LogP contribution in [0.3, 0.4) is 0 Å². The number of guanidine groups is 1. The molecule has 1 aliphatic rings. The lowest BCUT2D eigenvalue weighted by Crippen LogP contribution is -2.48. The molecule has 2 heterocycles. The number of nitrogens with one attached hydrogen (secondary N) is 2. The van der Waals surface area contributed by atoms with Crippen molar-refractivity contribution >= 4 is 41.3 Å². The molecule has 1 saturated heterocycles. The third-order valence-corrected chi connectivity index (χ3v) is 5.24. The first-order valence-corrected chi connectivity index (χ1v) is 9.25. The van der Waals surface area contributed by atoms with Gasteiger partial charge in [0.05, 0.1) is 19.3 Å². The number of nitrogens with zero attached hydrogens (tertiary/aromatic N) is 2. The van der Waals surface area contributed by atoms with E-state index in [1.165, 1.54) is 4.88 Å². The second-order valence-electron chi connectivity index (χ2n) is 6.69. The molecule has 7 heteroatoms. The summed E-state index contributed by atoms with van der Waals surface area (Å²) in [6.07, 6.45) is 0.225. The number of rotatable bonds is 6. The summed E-state index contributed by atoms with van der Waals surface area (Å²) in [4.78, 5) is 8.45. The van der Waals surface area contributed by atoms with E-state index in [1.807, 2.05) is 0 Å². The Labute approximate surface area is 167 Å². The molecule has 2 N–H and O–H groups in total. The second-order valence-corrected chi connectivity index (χ2v) is 7.64. The van der Waals surface area contributed by atoms with Crippen LogP contribution in [0.15, 0.2) is 22.5 Å². The lowest BCUT2D eigenvalue weighted by atomic mass is 9.92. The summed E-state index contributed by atoms with van der Waals surface area (Å²) in [7, 11) is 2.14. The first-order valence-electron chi connectivity index (χ1n) is 8.37. The standard InChI is InChI=1S/C17H30N4OS.HI/c1-5-18-16(19-11-14-12-21(4)8-9-22-14)20-13-17(2,3)15-7-6-10-23-15;/h6-7,10,14H,5,8-9,11-13H2,1-4H3,(H2,18,19,20);1H. The van der Waals surface area contributed by atoms with Crippen LogP contribution in [-0.2, 0) is 10.2 Å². The van der Waals surface area contributed by atoms with E-state index in [9.17, 15) is 0 Å². The fraction of sp³-hybridized carbons (Fsp3) is 0.706. The lowest BCUT2D eigenvalue weighted by molar-refractivity contribution is -0.0161. The van der Waals surface area contributed by atoms with Gasteiger partial charge in [0, 0.05) is 36.5 Å². The Morgan fingerprint density at radius 2 is 2.25 bits per heavy atom. The van der Waals surface area contributed by atoms with Crippen LogP contribution in [-0.4, -0.2) is 63.3 Å². The van der Waals surface area contributed by atoms with E-state index in [0.717, 1.165) is 45.3 Å². The fourth-order valence-corrected chi connectivity index (χ4v) is 3.41. The highest BCUT2D eigenvalue weighted by molar-refractivity contribution is 14.0. The molecular weight excluding hydrogens is 435 g/mol. The topological polar surface area (TPSA) is 48.9 Å². The summed E-state index contributed by atoms with van der Waals surface area (Å²) in [6, 6.07) is 4.29. The highest BCUT2D eigenvalue weighted by Gasteiger charge is 2.22. The van der Waals surface area contributed by atoms with Gasteiger partial charge in [-0.1, -0.05) is 19.9 Å². The van der Waals surface area contributed by atoms with Gasteiger partial charge >= 0.3 is 0 Å². The van der Waals surface area contributed by atoms with Crippen molar-refractivity contribution in [1.82, 2.24) is 15.5 Å². The molecule has 0 aromatic carbocycles. The van der Waals surface area contributed by atoms with E-state index in [-0.39, 0.29) is 35.5 Å². The molecule has 0 radical (unpaired) electrons. The molecule has 1 aromatic rings. The highest BCUT2D eigenvalue weighted by atomic mass is 127. The molecule has 0 aliphatic carbocycles. The van der Waals surface area contributed by atoms with Crippen molar-refractivity contribution in [3.05, 3.63) is 22.4 Å². The summed E-state index contributed by atoms with van der Waals surface area (Å²) in [5, 5.41) is 8.87. The smallest absolute Gasteiger partial charge is 0.191 e. The normalized spacial score (nSPS) is 19.7. The predicted octanol–water partition coefficient (Wildman–Crippen LogP) is 2.53. The maximum absolute atomic E-state index is 5.80. The molecule has 138 valence electrons. The first-order chi connectivity index (χ1) is 11.0. The maximum Gasteiger partial charge on any atom is 0.191 e. The quantitative estimate of drug-likeness (QED) is 0.385. The molecule has 2 rings (SSSR count). The van der Waals surface area contributed by atoms with Crippen molar-refractivity contribution in [2.45, 2.75) is 32.3 Å². The minimum atomic E-state index is 0. The van der Waals surface area contributed by atoms with Crippen LogP contribution in [0.5, 0.6) is 0 Å². The van der Waals surface area contributed by atoms with Gasteiger partial charge in [-0.2, -0.15) is 0 Å².